The van der Waals surface area contributed by atoms with Crippen molar-refractivity contribution in [1.82, 2.24) is 20.4 Å². The second-order valence-corrected chi connectivity index (χ2v) is 8.37. The summed E-state index contributed by atoms with van der Waals surface area (Å²) in [4.78, 5) is 4.42. The summed E-state index contributed by atoms with van der Waals surface area (Å²) in [6, 6.07) is 8.67. The van der Waals surface area contributed by atoms with Crippen LogP contribution in [0.3, 0.4) is 0 Å². The van der Waals surface area contributed by atoms with Gasteiger partial charge in [0.15, 0.2) is 5.96 Å². The molecule has 29 heavy (non-hydrogen) atoms. The normalized spacial score (nSPS) is 16.2. The van der Waals surface area contributed by atoms with Crippen LogP contribution >= 0.6 is 39.9 Å². The molecule has 0 aliphatic carbocycles. The van der Waals surface area contributed by atoms with E-state index in [1.165, 1.54) is 16.8 Å². The third kappa shape index (κ3) is 5.73. The number of aromatic nitrogens is 2. The Hall–Kier alpha value is -1.13. The zero-order valence-electron chi connectivity index (χ0n) is 17.6. The van der Waals surface area contributed by atoms with Gasteiger partial charge in [0.1, 0.15) is 0 Å². The van der Waals surface area contributed by atoms with Crippen molar-refractivity contribution in [3.05, 3.63) is 51.3 Å². The van der Waals surface area contributed by atoms with E-state index in [1.54, 1.807) is 0 Å². The molecular formula is C21H31BrIN5O. The van der Waals surface area contributed by atoms with Gasteiger partial charge < -0.3 is 15.4 Å². The predicted octanol–water partition coefficient (Wildman–Crippen LogP) is 3.83. The number of nitrogens with one attached hydrogen (secondary N) is 2. The zero-order chi connectivity index (χ0) is 20.1. The van der Waals surface area contributed by atoms with Crippen LogP contribution in [0.15, 0.2) is 33.7 Å². The van der Waals surface area contributed by atoms with Crippen LogP contribution in [0.25, 0.3) is 0 Å². The first-order valence-corrected chi connectivity index (χ1v) is 10.5. The van der Waals surface area contributed by atoms with Gasteiger partial charge in [0, 0.05) is 61.5 Å². The maximum atomic E-state index is 5.64. The molecule has 0 unspecified atom stereocenters. The minimum atomic E-state index is 0. The molecule has 3 rings (SSSR count). The molecule has 1 fully saturated rings. The Morgan fingerprint density at radius 2 is 1.86 bits per heavy atom. The predicted molar refractivity (Wildman–Crippen MR) is 132 cm³/mol. The lowest BCUT2D eigenvalue weighted by molar-refractivity contribution is 0.0514. The number of nitrogens with zero attached hydrogens (tertiary/aromatic N) is 3. The van der Waals surface area contributed by atoms with E-state index in [1.807, 2.05) is 25.7 Å². The summed E-state index contributed by atoms with van der Waals surface area (Å²) in [6.07, 6.45) is 2.00. The molecule has 0 saturated carbocycles. The number of rotatable bonds is 5. The van der Waals surface area contributed by atoms with E-state index in [-0.39, 0.29) is 29.4 Å². The third-order valence-electron chi connectivity index (χ3n) is 5.82. The number of guanidine groups is 1. The third-order valence-corrected chi connectivity index (χ3v) is 6.34. The minimum Gasteiger partial charge on any atom is -0.381 e. The average molecular weight is 576 g/mol. The number of hydrogen-bond acceptors (Lipinski definition) is 3. The Morgan fingerprint density at radius 3 is 2.41 bits per heavy atom. The lowest BCUT2D eigenvalue weighted by Gasteiger charge is -2.38. The first-order chi connectivity index (χ1) is 13.4. The highest BCUT2D eigenvalue weighted by atomic mass is 127. The molecule has 1 saturated heterocycles. The molecule has 2 aromatic rings. The Kier molecular flexibility index (Phi) is 8.96. The summed E-state index contributed by atoms with van der Waals surface area (Å²) in [6.45, 7) is 7.25. The fraction of sp³-hybridized carbons (Fsp3) is 0.524. The summed E-state index contributed by atoms with van der Waals surface area (Å²) in [7, 11) is 3.79. The molecule has 8 heteroatoms. The first-order valence-electron chi connectivity index (χ1n) is 9.72. The molecule has 0 spiro atoms. The van der Waals surface area contributed by atoms with Crippen LogP contribution in [0.4, 0.5) is 0 Å². The maximum absolute atomic E-state index is 5.64. The molecule has 1 aliphatic rings. The van der Waals surface area contributed by atoms with Gasteiger partial charge in [0.25, 0.3) is 0 Å². The van der Waals surface area contributed by atoms with Gasteiger partial charge in [-0.2, -0.15) is 5.10 Å². The Labute approximate surface area is 199 Å². The smallest absolute Gasteiger partial charge is 0.191 e. The standard InChI is InChI=1S/C21H30BrN5O.HI/c1-15-19(16(2)27(4)26-15)13-24-20(23-3)25-14-21(9-11-28-12-10-21)17-5-7-18(22)8-6-17;/h5-8H,9-14H2,1-4H3,(H2,23,24,25);1H. The second kappa shape index (κ2) is 10.8. The van der Waals surface area contributed by atoms with Crippen LogP contribution in [0.2, 0.25) is 0 Å². The van der Waals surface area contributed by atoms with E-state index in [0.29, 0.717) is 6.54 Å². The van der Waals surface area contributed by atoms with Gasteiger partial charge in [0.2, 0.25) is 0 Å². The minimum absolute atomic E-state index is 0. The number of aliphatic imine (C=N–C) groups is 1. The highest BCUT2D eigenvalue weighted by molar-refractivity contribution is 14.0. The molecule has 6 nitrogen and oxygen atoms in total. The quantitative estimate of drug-likeness (QED) is 0.323. The van der Waals surface area contributed by atoms with Crippen molar-refractivity contribution in [3.63, 3.8) is 0 Å². The van der Waals surface area contributed by atoms with Gasteiger partial charge in [-0.05, 0) is 44.4 Å². The van der Waals surface area contributed by atoms with Crippen LogP contribution < -0.4 is 10.6 Å². The van der Waals surface area contributed by atoms with Crippen LogP contribution in [-0.2, 0) is 23.7 Å². The Morgan fingerprint density at radius 1 is 1.21 bits per heavy atom. The number of benzene rings is 1. The Balaban J connectivity index is 0.00000300. The van der Waals surface area contributed by atoms with Gasteiger partial charge >= 0.3 is 0 Å². The highest BCUT2D eigenvalue weighted by Crippen LogP contribution is 2.34. The summed E-state index contributed by atoms with van der Waals surface area (Å²) in [5, 5.41) is 11.5. The SMILES string of the molecule is CN=C(NCc1c(C)nn(C)c1C)NCC1(c2ccc(Br)cc2)CCOCC1.I. The van der Waals surface area contributed by atoms with Gasteiger partial charge in [-0.25, -0.2) is 0 Å². The van der Waals surface area contributed by atoms with Crippen molar-refractivity contribution in [2.45, 2.75) is 38.6 Å². The van der Waals surface area contributed by atoms with Crippen molar-refractivity contribution in [1.29, 1.82) is 0 Å². The van der Waals surface area contributed by atoms with Gasteiger partial charge in [0.05, 0.1) is 5.69 Å². The number of aryl methyl sites for hydroxylation is 2. The summed E-state index contributed by atoms with van der Waals surface area (Å²) in [5.74, 6) is 0.811. The van der Waals surface area contributed by atoms with Crippen molar-refractivity contribution in [2.75, 3.05) is 26.8 Å². The van der Waals surface area contributed by atoms with E-state index in [0.717, 1.165) is 48.7 Å². The monoisotopic (exact) mass is 575 g/mol. The molecule has 1 aliphatic heterocycles. The molecule has 1 aromatic carbocycles. The van der Waals surface area contributed by atoms with E-state index >= 15 is 0 Å². The molecule has 160 valence electrons. The van der Waals surface area contributed by atoms with Gasteiger partial charge in [-0.1, -0.05) is 28.1 Å². The molecular weight excluding hydrogens is 545 g/mol. The van der Waals surface area contributed by atoms with Crippen LogP contribution in [0.5, 0.6) is 0 Å². The molecule has 2 N–H and O–H groups in total. The molecule has 0 bridgehead atoms. The van der Waals surface area contributed by atoms with E-state index in [9.17, 15) is 0 Å². The van der Waals surface area contributed by atoms with Crippen molar-refractivity contribution in [2.24, 2.45) is 12.0 Å². The average Bonchev–Trinajstić information content (AvgIpc) is 2.95. The largest absolute Gasteiger partial charge is 0.381 e. The Bertz CT molecular complexity index is 828. The lowest BCUT2D eigenvalue weighted by Crippen LogP contribution is -2.48. The van der Waals surface area contributed by atoms with Crippen LogP contribution in [0, 0.1) is 13.8 Å². The first kappa shape index (κ1) is 24.1. The molecule has 0 atom stereocenters. The van der Waals surface area contributed by atoms with E-state index in [2.05, 4.69) is 67.8 Å². The van der Waals surface area contributed by atoms with E-state index in [4.69, 9.17) is 4.74 Å². The van der Waals surface area contributed by atoms with Gasteiger partial charge in [-0.3, -0.25) is 9.67 Å². The number of ether oxygens (including phenoxy) is 1. The lowest BCUT2D eigenvalue weighted by atomic mass is 9.74. The highest BCUT2D eigenvalue weighted by Gasteiger charge is 2.34. The van der Waals surface area contributed by atoms with Crippen molar-refractivity contribution in [3.8, 4) is 0 Å². The molecule has 0 amide bonds. The van der Waals surface area contributed by atoms with Crippen LogP contribution in [-0.4, -0.2) is 42.5 Å². The van der Waals surface area contributed by atoms with Gasteiger partial charge in [-0.15, -0.1) is 24.0 Å². The van der Waals surface area contributed by atoms with Crippen LogP contribution in [0.1, 0.15) is 35.4 Å². The fourth-order valence-corrected chi connectivity index (χ4v) is 4.12. The van der Waals surface area contributed by atoms with Crippen molar-refractivity contribution >= 4 is 45.9 Å². The summed E-state index contributed by atoms with van der Waals surface area (Å²) < 4.78 is 8.67. The van der Waals surface area contributed by atoms with Crippen molar-refractivity contribution < 1.29 is 4.74 Å². The fourth-order valence-electron chi connectivity index (χ4n) is 3.85. The van der Waals surface area contributed by atoms with E-state index < -0.39 is 0 Å². The molecule has 2 heterocycles. The maximum Gasteiger partial charge on any atom is 0.191 e. The topological polar surface area (TPSA) is 63.5 Å². The summed E-state index contributed by atoms with van der Waals surface area (Å²) >= 11 is 3.54. The number of hydrogen-bond donors (Lipinski definition) is 2. The zero-order valence-corrected chi connectivity index (χ0v) is 21.5. The second-order valence-electron chi connectivity index (χ2n) is 7.45. The number of halogens is 2. The molecule has 1 aromatic heterocycles. The summed E-state index contributed by atoms with van der Waals surface area (Å²) in [5.41, 5.74) is 4.85. The molecule has 0 radical (unpaired) electrons.